The third-order valence-electron chi connectivity index (χ3n) is 4.21. The highest BCUT2D eigenvalue weighted by Crippen LogP contribution is 2.23. The Morgan fingerprint density at radius 3 is 2.71 bits per heavy atom. The summed E-state index contributed by atoms with van der Waals surface area (Å²) in [5, 5.41) is 12.4. The molecule has 1 amide bonds. The molecule has 8 heteroatoms. The number of carbonyl (C=O) groups excluding carboxylic acids is 1. The van der Waals surface area contributed by atoms with Crippen molar-refractivity contribution in [2.45, 2.75) is 44.4 Å². The predicted molar refractivity (Wildman–Crippen MR) is 114 cm³/mol. The van der Waals surface area contributed by atoms with Crippen molar-refractivity contribution in [1.82, 2.24) is 25.1 Å². The van der Waals surface area contributed by atoms with E-state index in [1.807, 2.05) is 41.3 Å². The SMILES string of the molecule is CSc1nc(NC(C)C)c2cnn(CCNC(=O)CCc3ccccc3)c2n1. The lowest BCUT2D eigenvalue weighted by molar-refractivity contribution is -0.121. The van der Waals surface area contributed by atoms with Gasteiger partial charge in [-0.25, -0.2) is 14.6 Å². The van der Waals surface area contributed by atoms with Gasteiger partial charge in [-0.1, -0.05) is 42.1 Å². The van der Waals surface area contributed by atoms with Gasteiger partial charge in [0.2, 0.25) is 5.91 Å². The summed E-state index contributed by atoms with van der Waals surface area (Å²) in [4.78, 5) is 21.3. The van der Waals surface area contributed by atoms with Gasteiger partial charge in [-0.2, -0.15) is 5.10 Å². The molecule has 0 saturated heterocycles. The zero-order chi connectivity index (χ0) is 19.9. The topological polar surface area (TPSA) is 84.7 Å². The molecular formula is C20H26N6OS. The molecule has 0 fully saturated rings. The Bertz CT molecular complexity index is 925. The van der Waals surface area contributed by atoms with Gasteiger partial charge in [0.15, 0.2) is 10.8 Å². The number of nitrogens with zero attached hydrogens (tertiary/aromatic N) is 4. The summed E-state index contributed by atoms with van der Waals surface area (Å²) in [6.07, 6.45) is 4.95. The first kappa shape index (κ1) is 20.1. The lowest BCUT2D eigenvalue weighted by Crippen LogP contribution is -2.27. The molecular weight excluding hydrogens is 372 g/mol. The van der Waals surface area contributed by atoms with Crippen LogP contribution in [0.1, 0.15) is 25.8 Å². The lowest BCUT2D eigenvalue weighted by atomic mass is 10.1. The average Bonchev–Trinajstić information content (AvgIpc) is 3.10. The van der Waals surface area contributed by atoms with Crippen LogP contribution in [0.15, 0.2) is 41.7 Å². The van der Waals surface area contributed by atoms with Crippen molar-refractivity contribution in [3.05, 3.63) is 42.1 Å². The van der Waals surface area contributed by atoms with Crippen LogP contribution in [0.4, 0.5) is 5.82 Å². The highest BCUT2D eigenvalue weighted by molar-refractivity contribution is 7.98. The van der Waals surface area contributed by atoms with E-state index in [0.717, 1.165) is 23.3 Å². The number of hydrogen-bond donors (Lipinski definition) is 2. The smallest absolute Gasteiger partial charge is 0.220 e. The molecule has 2 aromatic heterocycles. The first-order valence-corrected chi connectivity index (χ1v) is 10.6. The largest absolute Gasteiger partial charge is 0.367 e. The van der Waals surface area contributed by atoms with E-state index in [1.54, 1.807) is 6.20 Å². The third kappa shape index (κ3) is 5.22. The van der Waals surface area contributed by atoms with Gasteiger partial charge in [-0.15, -0.1) is 0 Å². The molecule has 3 aromatic rings. The first-order chi connectivity index (χ1) is 13.6. The van der Waals surface area contributed by atoms with Crippen molar-refractivity contribution in [1.29, 1.82) is 0 Å². The Labute approximate surface area is 169 Å². The number of thioether (sulfide) groups is 1. The van der Waals surface area contributed by atoms with Gasteiger partial charge in [0.1, 0.15) is 5.82 Å². The standard InChI is InChI=1S/C20H26N6OS/c1-14(2)23-18-16-13-22-26(19(16)25-20(24-18)28-3)12-11-21-17(27)10-9-15-7-5-4-6-8-15/h4-8,13-14H,9-12H2,1-3H3,(H,21,27)(H,23,24,25). The molecule has 0 atom stereocenters. The number of benzene rings is 1. The van der Waals surface area contributed by atoms with E-state index in [0.29, 0.717) is 24.7 Å². The number of amides is 1. The minimum absolute atomic E-state index is 0.0434. The number of nitrogens with one attached hydrogen (secondary N) is 2. The van der Waals surface area contributed by atoms with Crippen molar-refractivity contribution in [3.63, 3.8) is 0 Å². The summed E-state index contributed by atoms with van der Waals surface area (Å²) < 4.78 is 1.82. The maximum Gasteiger partial charge on any atom is 0.220 e. The van der Waals surface area contributed by atoms with E-state index in [2.05, 4.69) is 39.5 Å². The molecule has 0 aliphatic rings. The van der Waals surface area contributed by atoms with Crippen LogP contribution in [0, 0.1) is 0 Å². The summed E-state index contributed by atoms with van der Waals surface area (Å²) >= 11 is 1.50. The molecule has 2 heterocycles. The van der Waals surface area contributed by atoms with Gasteiger partial charge in [0.05, 0.1) is 18.1 Å². The van der Waals surface area contributed by atoms with Gasteiger partial charge in [-0.3, -0.25) is 4.79 Å². The van der Waals surface area contributed by atoms with E-state index >= 15 is 0 Å². The number of carbonyl (C=O) groups is 1. The molecule has 0 saturated carbocycles. The van der Waals surface area contributed by atoms with Crippen molar-refractivity contribution < 1.29 is 4.79 Å². The minimum atomic E-state index is 0.0434. The van der Waals surface area contributed by atoms with Gasteiger partial charge in [0.25, 0.3) is 0 Å². The van der Waals surface area contributed by atoms with Crippen molar-refractivity contribution >= 4 is 34.5 Å². The predicted octanol–water partition coefficient (Wildman–Crippen LogP) is 3.12. The van der Waals surface area contributed by atoms with Crippen LogP contribution in [-0.4, -0.2) is 44.5 Å². The van der Waals surface area contributed by atoms with Crippen molar-refractivity contribution in [3.8, 4) is 0 Å². The Hall–Kier alpha value is -2.61. The van der Waals surface area contributed by atoms with Crippen LogP contribution in [0.3, 0.4) is 0 Å². The number of aromatic nitrogens is 4. The van der Waals surface area contributed by atoms with Crippen LogP contribution >= 0.6 is 11.8 Å². The molecule has 1 aromatic carbocycles. The molecule has 3 rings (SSSR count). The number of fused-ring (bicyclic) bond motifs is 1. The first-order valence-electron chi connectivity index (χ1n) is 9.41. The van der Waals surface area contributed by atoms with Gasteiger partial charge < -0.3 is 10.6 Å². The number of aryl methyl sites for hydroxylation is 1. The average molecular weight is 399 g/mol. The van der Waals surface area contributed by atoms with Gasteiger partial charge >= 0.3 is 0 Å². The van der Waals surface area contributed by atoms with E-state index in [9.17, 15) is 4.79 Å². The number of anilines is 1. The molecule has 0 bridgehead atoms. The van der Waals surface area contributed by atoms with Crippen molar-refractivity contribution in [2.75, 3.05) is 18.1 Å². The second-order valence-electron chi connectivity index (χ2n) is 6.80. The normalized spacial score (nSPS) is 11.1. The molecule has 28 heavy (non-hydrogen) atoms. The highest BCUT2D eigenvalue weighted by atomic mass is 32.2. The Morgan fingerprint density at radius 1 is 1.21 bits per heavy atom. The second-order valence-corrected chi connectivity index (χ2v) is 7.57. The second kappa shape index (κ2) is 9.54. The van der Waals surface area contributed by atoms with Crippen molar-refractivity contribution in [2.24, 2.45) is 0 Å². The highest BCUT2D eigenvalue weighted by Gasteiger charge is 2.13. The Balaban J connectivity index is 1.60. The van der Waals surface area contributed by atoms with Gasteiger partial charge in [0, 0.05) is 19.0 Å². The Kier molecular flexibility index (Phi) is 6.86. The van der Waals surface area contributed by atoms with Crippen LogP contribution < -0.4 is 10.6 Å². The summed E-state index contributed by atoms with van der Waals surface area (Å²) in [6.45, 7) is 5.21. The van der Waals surface area contributed by atoms with E-state index < -0.39 is 0 Å². The summed E-state index contributed by atoms with van der Waals surface area (Å²) in [5.41, 5.74) is 1.95. The molecule has 148 valence electrons. The molecule has 0 aliphatic carbocycles. The Morgan fingerprint density at radius 2 is 2.00 bits per heavy atom. The summed E-state index contributed by atoms with van der Waals surface area (Å²) in [5.74, 6) is 0.837. The fourth-order valence-corrected chi connectivity index (χ4v) is 3.23. The molecule has 0 unspecified atom stereocenters. The van der Waals surface area contributed by atoms with Crippen LogP contribution in [0.5, 0.6) is 0 Å². The lowest BCUT2D eigenvalue weighted by Gasteiger charge is -2.11. The zero-order valence-corrected chi connectivity index (χ0v) is 17.3. The van der Waals surface area contributed by atoms with E-state index in [1.165, 1.54) is 17.3 Å². The van der Waals surface area contributed by atoms with Crippen LogP contribution in [-0.2, 0) is 17.8 Å². The molecule has 2 N–H and O–H groups in total. The maximum absolute atomic E-state index is 12.1. The quantitative estimate of drug-likeness (QED) is 0.426. The fourth-order valence-electron chi connectivity index (χ4n) is 2.87. The maximum atomic E-state index is 12.1. The van der Waals surface area contributed by atoms with E-state index in [-0.39, 0.29) is 11.9 Å². The van der Waals surface area contributed by atoms with Crippen LogP contribution in [0.25, 0.3) is 11.0 Å². The molecule has 0 spiro atoms. The minimum Gasteiger partial charge on any atom is -0.367 e. The molecule has 7 nitrogen and oxygen atoms in total. The fraction of sp³-hybridized carbons (Fsp3) is 0.400. The number of rotatable bonds is 9. The molecule has 0 aliphatic heterocycles. The van der Waals surface area contributed by atoms with Gasteiger partial charge in [-0.05, 0) is 32.1 Å². The van der Waals surface area contributed by atoms with Crippen LogP contribution in [0.2, 0.25) is 0 Å². The summed E-state index contributed by atoms with van der Waals surface area (Å²) in [6, 6.07) is 10.3. The number of hydrogen-bond acceptors (Lipinski definition) is 6. The zero-order valence-electron chi connectivity index (χ0n) is 16.5. The molecule has 0 radical (unpaired) electrons. The summed E-state index contributed by atoms with van der Waals surface area (Å²) in [7, 11) is 0. The van der Waals surface area contributed by atoms with E-state index in [4.69, 9.17) is 0 Å². The third-order valence-corrected chi connectivity index (χ3v) is 4.76. The monoisotopic (exact) mass is 398 g/mol.